The summed E-state index contributed by atoms with van der Waals surface area (Å²) in [6, 6.07) is 4.13. The van der Waals surface area contributed by atoms with Crippen molar-refractivity contribution in [2.75, 3.05) is 6.54 Å². The van der Waals surface area contributed by atoms with E-state index in [0.717, 1.165) is 36.1 Å². The van der Waals surface area contributed by atoms with Gasteiger partial charge in [-0.3, -0.25) is 4.79 Å². The number of carbonyl (C=O) groups is 1. The van der Waals surface area contributed by atoms with Crippen molar-refractivity contribution in [3.63, 3.8) is 0 Å². The maximum Gasteiger partial charge on any atom is 0.222 e. The average molecular weight is 288 g/mol. The average Bonchev–Trinajstić information content (AvgIpc) is 2.50. The van der Waals surface area contributed by atoms with Crippen molar-refractivity contribution in [1.82, 2.24) is 4.90 Å². The van der Waals surface area contributed by atoms with Crippen LogP contribution in [0.2, 0.25) is 0 Å². The highest BCUT2D eigenvalue weighted by Crippen LogP contribution is 2.24. The molecule has 1 aliphatic rings. The van der Waals surface area contributed by atoms with E-state index in [-0.39, 0.29) is 0 Å². The summed E-state index contributed by atoms with van der Waals surface area (Å²) in [6.07, 6.45) is 4.13. The first-order valence-corrected chi connectivity index (χ1v) is 6.88. The van der Waals surface area contributed by atoms with E-state index in [9.17, 15) is 4.79 Å². The largest absolute Gasteiger partial charge is 0.338 e. The van der Waals surface area contributed by atoms with Crippen molar-refractivity contribution in [2.24, 2.45) is 0 Å². The molecular weight excluding hydrogens is 274 g/mol. The Morgan fingerprint density at radius 2 is 2.20 bits per heavy atom. The van der Waals surface area contributed by atoms with Crippen molar-refractivity contribution < 1.29 is 4.79 Å². The molecule has 2 nitrogen and oxygen atoms in total. The molecule has 0 N–H and O–H groups in total. The third-order valence-corrected chi connectivity index (χ3v) is 4.26. The molecule has 0 spiro atoms. The lowest BCUT2D eigenvalue weighted by molar-refractivity contribution is -0.131. The van der Waals surface area contributed by atoms with Crippen LogP contribution in [-0.4, -0.2) is 17.4 Å². The van der Waals surface area contributed by atoms with Crippen molar-refractivity contribution >= 4 is 33.2 Å². The molecule has 0 aliphatic carbocycles. The van der Waals surface area contributed by atoms with Gasteiger partial charge < -0.3 is 4.90 Å². The lowest BCUT2D eigenvalue weighted by atomic mass is 10.2. The van der Waals surface area contributed by atoms with Gasteiger partial charge in [-0.1, -0.05) is 6.42 Å². The van der Waals surface area contributed by atoms with Gasteiger partial charge in [0.25, 0.3) is 0 Å². The Balaban J connectivity index is 2.00. The van der Waals surface area contributed by atoms with Crippen LogP contribution in [0.5, 0.6) is 0 Å². The van der Waals surface area contributed by atoms with E-state index in [0.29, 0.717) is 5.91 Å². The highest BCUT2D eigenvalue weighted by molar-refractivity contribution is 9.11. The Kier molecular flexibility index (Phi) is 3.81. The SMILES string of the molecule is O=C1CCCCCN1Cc1ccc(Br)s1. The second-order valence-corrected chi connectivity index (χ2v) is 6.38. The minimum atomic E-state index is 0.317. The van der Waals surface area contributed by atoms with Crippen molar-refractivity contribution in [2.45, 2.75) is 32.2 Å². The molecule has 1 saturated heterocycles. The molecule has 0 radical (unpaired) electrons. The predicted octanol–water partition coefficient (Wildman–Crippen LogP) is 3.41. The molecule has 2 rings (SSSR count). The zero-order chi connectivity index (χ0) is 10.7. The molecule has 15 heavy (non-hydrogen) atoms. The Morgan fingerprint density at radius 3 is 2.93 bits per heavy atom. The summed E-state index contributed by atoms with van der Waals surface area (Å²) in [5.74, 6) is 0.317. The number of thiophene rings is 1. The van der Waals surface area contributed by atoms with Gasteiger partial charge >= 0.3 is 0 Å². The first-order chi connectivity index (χ1) is 7.25. The summed E-state index contributed by atoms with van der Waals surface area (Å²) < 4.78 is 1.14. The zero-order valence-electron chi connectivity index (χ0n) is 8.54. The molecule has 0 atom stereocenters. The lowest BCUT2D eigenvalue weighted by Crippen LogP contribution is -2.29. The summed E-state index contributed by atoms with van der Waals surface area (Å²) in [5, 5.41) is 0. The first-order valence-electron chi connectivity index (χ1n) is 5.28. The number of hydrogen-bond donors (Lipinski definition) is 0. The fourth-order valence-corrected chi connectivity index (χ4v) is 3.33. The normalized spacial score (nSPS) is 17.9. The summed E-state index contributed by atoms with van der Waals surface area (Å²) in [4.78, 5) is 15.0. The van der Waals surface area contributed by atoms with Gasteiger partial charge in [0.2, 0.25) is 5.91 Å². The van der Waals surface area contributed by atoms with Gasteiger partial charge in [0.15, 0.2) is 0 Å². The molecule has 1 amide bonds. The van der Waals surface area contributed by atoms with Gasteiger partial charge in [0.1, 0.15) is 0 Å². The Bertz CT molecular complexity index is 350. The molecule has 1 aliphatic heterocycles. The molecule has 0 bridgehead atoms. The maximum atomic E-state index is 11.7. The van der Waals surface area contributed by atoms with Crippen LogP contribution in [0, 0.1) is 0 Å². The standard InChI is InChI=1S/C11H14BrNOS/c12-10-6-5-9(15-10)8-13-7-3-1-2-4-11(13)14/h5-6H,1-4,7-8H2. The molecular formula is C11H14BrNOS. The molecule has 82 valence electrons. The monoisotopic (exact) mass is 287 g/mol. The van der Waals surface area contributed by atoms with E-state index in [1.54, 1.807) is 11.3 Å². The van der Waals surface area contributed by atoms with E-state index >= 15 is 0 Å². The Morgan fingerprint density at radius 1 is 1.33 bits per heavy atom. The first kappa shape index (κ1) is 11.1. The molecule has 0 unspecified atom stereocenters. The fourth-order valence-electron chi connectivity index (χ4n) is 1.83. The molecule has 1 aromatic heterocycles. The van der Waals surface area contributed by atoms with E-state index in [1.807, 2.05) is 11.0 Å². The van der Waals surface area contributed by atoms with Crippen molar-refractivity contribution in [3.05, 3.63) is 20.8 Å². The number of halogens is 1. The van der Waals surface area contributed by atoms with E-state index < -0.39 is 0 Å². The predicted molar refractivity (Wildman–Crippen MR) is 65.9 cm³/mol. The van der Waals surface area contributed by atoms with Gasteiger partial charge in [-0.2, -0.15) is 0 Å². The van der Waals surface area contributed by atoms with Gasteiger partial charge in [0, 0.05) is 17.8 Å². The molecule has 2 heterocycles. The number of rotatable bonds is 2. The zero-order valence-corrected chi connectivity index (χ0v) is 10.9. The number of likely N-dealkylation sites (tertiary alicyclic amines) is 1. The summed E-state index contributed by atoms with van der Waals surface area (Å²) in [5.41, 5.74) is 0. The molecule has 0 saturated carbocycles. The summed E-state index contributed by atoms with van der Waals surface area (Å²) in [7, 11) is 0. The summed E-state index contributed by atoms with van der Waals surface area (Å²) in [6.45, 7) is 1.71. The fraction of sp³-hybridized carbons (Fsp3) is 0.545. The van der Waals surface area contributed by atoms with Gasteiger partial charge in [0.05, 0.1) is 10.3 Å². The lowest BCUT2D eigenvalue weighted by Gasteiger charge is -2.19. The number of nitrogens with zero attached hydrogens (tertiary/aromatic N) is 1. The third-order valence-electron chi connectivity index (χ3n) is 2.65. The molecule has 1 aromatic rings. The van der Waals surface area contributed by atoms with Crippen LogP contribution in [0.3, 0.4) is 0 Å². The highest BCUT2D eigenvalue weighted by atomic mass is 79.9. The minimum Gasteiger partial charge on any atom is -0.338 e. The smallest absolute Gasteiger partial charge is 0.222 e. The summed E-state index contributed by atoms with van der Waals surface area (Å²) >= 11 is 5.16. The van der Waals surface area contributed by atoms with E-state index in [1.165, 1.54) is 11.3 Å². The minimum absolute atomic E-state index is 0.317. The van der Waals surface area contributed by atoms with E-state index in [2.05, 4.69) is 22.0 Å². The Hall–Kier alpha value is -0.350. The second-order valence-electron chi connectivity index (χ2n) is 3.83. The van der Waals surface area contributed by atoms with Crippen LogP contribution in [0.25, 0.3) is 0 Å². The number of carbonyl (C=O) groups excluding carboxylic acids is 1. The van der Waals surface area contributed by atoms with Crippen LogP contribution in [-0.2, 0) is 11.3 Å². The van der Waals surface area contributed by atoms with Crippen LogP contribution >= 0.6 is 27.3 Å². The van der Waals surface area contributed by atoms with Crippen LogP contribution < -0.4 is 0 Å². The van der Waals surface area contributed by atoms with Crippen molar-refractivity contribution in [1.29, 1.82) is 0 Å². The second kappa shape index (κ2) is 5.12. The molecule has 1 fully saturated rings. The topological polar surface area (TPSA) is 20.3 Å². The van der Waals surface area contributed by atoms with Crippen molar-refractivity contribution in [3.8, 4) is 0 Å². The molecule has 0 aromatic carbocycles. The highest BCUT2D eigenvalue weighted by Gasteiger charge is 2.16. The van der Waals surface area contributed by atoms with E-state index in [4.69, 9.17) is 0 Å². The van der Waals surface area contributed by atoms with Gasteiger partial charge in [-0.15, -0.1) is 11.3 Å². The van der Waals surface area contributed by atoms with Gasteiger partial charge in [-0.05, 0) is 40.9 Å². The number of amides is 1. The third kappa shape index (κ3) is 3.05. The Labute approximate surface area is 102 Å². The maximum absolute atomic E-state index is 11.7. The van der Waals surface area contributed by atoms with Crippen LogP contribution in [0.1, 0.15) is 30.6 Å². The van der Waals surface area contributed by atoms with Gasteiger partial charge in [-0.25, -0.2) is 0 Å². The van der Waals surface area contributed by atoms with Crippen LogP contribution in [0.4, 0.5) is 0 Å². The van der Waals surface area contributed by atoms with Crippen LogP contribution in [0.15, 0.2) is 15.9 Å². The quantitative estimate of drug-likeness (QED) is 0.816. The number of hydrogen-bond acceptors (Lipinski definition) is 2. The molecule has 4 heteroatoms.